The summed E-state index contributed by atoms with van der Waals surface area (Å²) in [6.45, 7) is 9.02. The third-order valence-electron chi connectivity index (χ3n) is 5.51. The van der Waals surface area contributed by atoms with Crippen molar-refractivity contribution in [1.29, 1.82) is 0 Å². The van der Waals surface area contributed by atoms with E-state index in [1.54, 1.807) is 0 Å². The van der Waals surface area contributed by atoms with Crippen LogP contribution in [0.3, 0.4) is 0 Å². The van der Waals surface area contributed by atoms with Crippen molar-refractivity contribution in [3.63, 3.8) is 0 Å². The Morgan fingerprint density at radius 3 is 2.37 bits per heavy atom. The maximum absolute atomic E-state index is 12.6. The van der Waals surface area contributed by atoms with Crippen molar-refractivity contribution in [2.45, 2.75) is 32.5 Å². The standard InChI is InChI=1S/C25H27BrN6OS2/c1-4-31(5-2)20-13-9-18(10-14-20)23-29-30-25(32(23)6-3)35-16-22(33)28-24-27-21(15-34-24)17-7-11-19(26)12-8-17/h7-15H,4-6,16H2,1-3H3,(H,27,28,33). The molecule has 2 heterocycles. The Labute approximate surface area is 222 Å². The van der Waals surface area contributed by atoms with Crippen molar-refractivity contribution < 1.29 is 4.79 Å². The molecule has 0 spiro atoms. The van der Waals surface area contributed by atoms with E-state index in [9.17, 15) is 4.79 Å². The molecule has 0 unspecified atom stereocenters. The number of aromatic nitrogens is 4. The molecule has 0 bridgehead atoms. The fourth-order valence-electron chi connectivity index (χ4n) is 3.67. The summed E-state index contributed by atoms with van der Waals surface area (Å²) >= 11 is 6.23. The molecular weight excluding hydrogens is 544 g/mol. The molecule has 4 rings (SSSR count). The number of thiazole rings is 1. The van der Waals surface area contributed by atoms with Gasteiger partial charge in [-0.3, -0.25) is 4.79 Å². The van der Waals surface area contributed by atoms with Gasteiger partial charge in [0.15, 0.2) is 16.1 Å². The molecule has 182 valence electrons. The highest BCUT2D eigenvalue weighted by Gasteiger charge is 2.16. The highest BCUT2D eigenvalue weighted by atomic mass is 79.9. The molecule has 7 nitrogen and oxygen atoms in total. The molecule has 1 N–H and O–H groups in total. The van der Waals surface area contributed by atoms with E-state index >= 15 is 0 Å². The van der Waals surface area contributed by atoms with Crippen molar-refractivity contribution >= 4 is 55.8 Å². The van der Waals surface area contributed by atoms with E-state index < -0.39 is 0 Å². The second-order valence-corrected chi connectivity index (χ2v) is 10.4. The first-order chi connectivity index (χ1) is 17.0. The molecule has 0 radical (unpaired) electrons. The van der Waals surface area contributed by atoms with Crippen LogP contribution in [0.1, 0.15) is 20.8 Å². The highest BCUT2D eigenvalue weighted by Crippen LogP contribution is 2.28. The van der Waals surface area contributed by atoms with Gasteiger partial charge in [0.2, 0.25) is 5.91 Å². The Balaban J connectivity index is 1.39. The van der Waals surface area contributed by atoms with Crippen LogP contribution in [0.2, 0.25) is 0 Å². The smallest absolute Gasteiger partial charge is 0.236 e. The number of hydrogen-bond acceptors (Lipinski definition) is 7. The monoisotopic (exact) mass is 570 g/mol. The van der Waals surface area contributed by atoms with Crippen LogP contribution in [0.5, 0.6) is 0 Å². The second-order valence-electron chi connectivity index (χ2n) is 7.65. The number of benzene rings is 2. The average molecular weight is 572 g/mol. The lowest BCUT2D eigenvalue weighted by molar-refractivity contribution is -0.113. The molecule has 0 atom stereocenters. The van der Waals surface area contributed by atoms with Gasteiger partial charge in [0.25, 0.3) is 0 Å². The largest absolute Gasteiger partial charge is 0.372 e. The number of nitrogens with one attached hydrogen (secondary N) is 1. The number of hydrogen-bond donors (Lipinski definition) is 1. The molecule has 35 heavy (non-hydrogen) atoms. The SMILES string of the molecule is CCN(CC)c1ccc(-c2nnc(SCC(=O)Nc3nc(-c4ccc(Br)cc4)cs3)n2CC)cc1. The predicted octanol–water partition coefficient (Wildman–Crippen LogP) is 6.43. The normalized spacial score (nSPS) is 11.0. The van der Waals surface area contributed by atoms with E-state index in [1.807, 2.05) is 34.2 Å². The Kier molecular flexibility index (Phi) is 8.59. The minimum atomic E-state index is -0.123. The zero-order chi connectivity index (χ0) is 24.8. The van der Waals surface area contributed by atoms with Crippen LogP contribution in [0.4, 0.5) is 10.8 Å². The van der Waals surface area contributed by atoms with E-state index in [0.717, 1.165) is 45.4 Å². The Morgan fingerprint density at radius 1 is 1.03 bits per heavy atom. The van der Waals surface area contributed by atoms with E-state index in [-0.39, 0.29) is 11.7 Å². The summed E-state index contributed by atoms with van der Waals surface area (Å²) in [6, 6.07) is 16.3. The Hall–Kier alpha value is -2.69. The molecule has 0 saturated carbocycles. The van der Waals surface area contributed by atoms with Crippen molar-refractivity contribution in [2.75, 3.05) is 29.1 Å². The van der Waals surface area contributed by atoms with Crippen LogP contribution in [0, 0.1) is 0 Å². The quantitative estimate of drug-likeness (QED) is 0.221. The maximum Gasteiger partial charge on any atom is 0.236 e. The van der Waals surface area contributed by atoms with Gasteiger partial charge in [-0.1, -0.05) is 39.8 Å². The van der Waals surface area contributed by atoms with Gasteiger partial charge in [0.05, 0.1) is 11.4 Å². The lowest BCUT2D eigenvalue weighted by Crippen LogP contribution is -2.21. The third kappa shape index (κ3) is 6.12. The first-order valence-corrected chi connectivity index (χ1v) is 14.1. The summed E-state index contributed by atoms with van der Waals surface area (Å²) in [4.78, 5) is 19.4. The minimum Gasteiger partial charge on any atom is -0.372 e. The van der Waals surface area contributed by atoms with Crippen LogP contribution in [-0.2, 0) is 11.3 Å². The van der Waals surface area contributed by atoms with Gasteiger partial charge in [0, 0.05) is 46.3 Å². The van der Waals surface area contributed by atoms with Gasteiger partial charge in [0.1, 0.15) is 0 Å². The second kappa shape index (κ2) is 11.8. The van der Waals surface area contributed by atoms with E-state index in [1.165, 1.54) is 28.8 Å². The number of rotatable bonds is 10. The average Bonchev–Trinajstić information content (AvgIpc) is 3.51. The van der Waals surface area contributed by atoms with Crippen molar-refractivity contribution in [3.8, 4) is 22.6 Å². The van der Waals surface area contributed by atoms with Gasteiger partial charge >= 0.3 is 0 Å². The summed E-state index contributed by atoms with van der Waals surface area (Å²) in [5, 5.41) is 14.9. The minimum absolute atomic E-state index is 0.123. The van der Waals surface area contributed by atoms with E-state index in [0.29, 0.717) is 11.7 Å². The van der Waals surface area contributed by atoms with Crippen molar-refractivity contribution in [1.82, 2.24) is 19.7 Å². The van der Waals surface area contributed by atoms with Crippen LogP contribution < -0.4 is 10.2 Å². The number of thioether (sulfide) groups is 1. The predicted molar refractivity (Wildman–Crippen MR) is 149 cm³/mol. The topological polar surface area (TPSA) is 75.9 Å². The van der Waals surface area contributed by atoms with Crippen molar-refractivity contribution in [3.05, 3.63) is 58.4 Å². The summed E-state index contributed by atoms with van der Waals surface area (Å²) in [5.74, 6) is 0.912. The Bertz CT molecular complexity index is 1270. The van der Waals surface area contributed by atoms with Crippen LogP contribution in [0.15, 0.2) is 63.5 Å². The zero-order valence-electron chi connectivity index (χ0n) is 19.9. The van der Waals surface area contributed by atoms with Gasteiger partial charge in [-0.2, -0.15) is 0 Å². The number of amides is 1. The van der Waals surface area contributed by atoms with Crippen LogP contribution in [-0.4, -0.2) is 44.5 Å². The van der Waals surface area contributed by atoms with Gasteiger partial charge in [-0.25, -0.2) is 4.98 Å². The molecule has 1 amide bonds. The number of carbonyl (C=O) groups excluding carboxylic acids is 1. The van der Waals surface area contributed by atoms with Crippen LogP contribution >= 0.6 is 39.0 Å². The number of carbonyl (C=O) groups is 1. The molecule has 4 aromatic rings. The molecule has 0 aliphatic carbocycles. The lowest BCUT2D eigenvalue weighted by Gasteiger charge is -2.21. The summed E-state index contributed by atoms with van der Waals surface area (Å²) in [5.41, 5.74) is 4.05. The molecule has 0 saturated heterocycles. The van der Waals surface area contributed by atoms with Gasteiger partial charge in [-0.15, -0.1) is 21.5 Å². The molecule has 2 aromatic heterocycles. The Morgan fingerprint density at radius 2 is 1.71 bits per heavy atom. The zero-order valence-corrected chi connectivity index (χ0v) is 23.1. The maximum atomic E-state index is 12.6. The molecule has 2 aromatic carbocycles. The highest BCUT2D eigenvalue weighted by molar-refractivity contribution is 9.10. The first-order valence-electron chi connectivity index (χ1n) is 11.4. The molecule has 10 heteroatoms. The molecule has 0 aliphatic heterocycles. The van der Waals surface area contributed by atoms with Crippen LogP contribution in [0.25, 0.3) is 22.6 Å². The first kappa shape index (κ1) is 25.4. The molecular formula is C25H27BrN6OS2. The fourth-order valence-corrected chi connectivity index (χ4v) is 5.48. The van der Waals surface area contributed by atoms with Crippen molar-refractivity contribution in [2.24, 2.45) is 0 Å². The summed E-state index contributed by atoms with van der Waals surface area (Å²) < 4.78 is 3.06. The lowest BCUT2D eigenvalue weighted by atomic mass is 10.2. The van der Waals surface area contributed by atoms with E-state index in [2.05, 4.69) is 86.4 Å². The summed E-state index contributed by atoms with van der Waals surface area (Å²) in [6.07, 6.45) is 0. The fraction of sp³-hybridized carbons (Fsp3) is 0.280. The van der Waals surface area contributed by atoms with Gasteiger partial charge < -0.3 is 14.8 Å². The van der Waals surface area contributed by atoms with E-state index in [4.69, 9.17) is 0 Å². The molecule has 0 aliphatic rings. The number of nitrogens with zero attached hydrogens (tertiary/aromatic N) is 5. The molecule has 0 fully saturated rings. The van der Waals surface area contributed by atoms with Gasteiger partial charge in [-0.05, 0) is 57.2 Å². The third-order valence-corrected chi connectivity index (χ3v) is 7.76. The number of anilines is 2. The summed E-state index contributed by atoms with van der Waals surface area (Å²) in [7, 11) is 0. The number of halogens is 1.